The lowest BCUT2D eigenvalue weighted by Crippen LogP contribution is -2.59. The van der Waals surface area contributed by atoms with Crippen LogP contribution in [0.4, 0.5) is 11.4 Å². The van der Waals surface area contributed by atoms with Gasteiger partial charge < -0.3 is 20.6 Å². The Morgan fingerprint density at radius 3 is 3.06 bits per heavy atom. The molecule has 1 aromatic rings. The first kappa shape index (κ1) is 11.0. The third kappa shape index (κ3) is 1.53. The molecule has 2 heterocycles. The van der Waals surface area contributed by atoms with Crippen molar-refractivity contribution in [3.8, 4) is 0 Å². The fourth-order valence-corrected chi connectivity index (χ4v) is 2.55. The molecular weight excluding hydrogens is 234 g/mol. The number of benzene rings is 1. The van der Waals surface area contributed by atoms with Gasteiger partial charge in [-0.05, 0) is 12.1 Å². The van der Waals surface area contributed by atoms with Crippen molar-refractivity contribution in [3.05, 3.63) is 23.8 Å². The molecule has 3 rings (SSSR count). The van der Waals surface area contributed by atoms with Gasteiger partial charge >= 0.3 is 5.97 Å². The van der Waals surface area contributed by atoms with Gasteiger partial charge in [-0.2, -0.15) is 0 Å². The monoisotopic (exact) mass is 247 g/mol. The third-order valence-electron chi connectivity index (χ3n) is 3.36. The lowest BCUT2D eigenvalue weighted by Gasteiger charge is -2.41. The highest BCUT2D eigenvalue weighted by atomic mass is 16.4. The molecule has 0 aromatic heterocycles. The number of carboxylic acid groups (broad SMARTS) is 1. The van der Waals surface area contributed by atoms with Gasteiger partial charge in [0, 0.05) is 19.6 Å². The number of nitrogens with zero attached hydrogens (tertiary/aromatic N) is 1. The van der Waals surface area contributed by atoms with Crippen LogP contribution in [0.3, 0.4) is 0 Å². The van der Waals surface area contributed by atoms with Gasteiger partial charge in [-0.15, -0.1) is 0 Å². The molecule has 3 N–H and O–H groups in total. The summed E-state index contributed by atoms with van der Waals surface area (Å²) in [7, 11) is 0. The number of nitrogens with one attached hydrogen (secondary N) is 2. The second-order valence-electron chi connectivity index (χ2n) is 4.41. The zero-order valence-electron chi connectivity index (χ0n) is 9.64. The van der Waals surface area contributed by atoms with E-state index in [2.05, 4.69) is 10.6 Å². The second-order valence-corrected chi connectivity index (χ2v) is 4.41. The Morgan fingerprint density at radius 1 is 1.44 bits per heavy atom. The molecule has 1 aromatic carbocycles. The Hall–Kier alpha value is -2.08. The van der Waals surface area contributed by atoms with Crippen LogP contribution < -0.4 is 15.5 Å². The number of hydrogen-bond donors (Lipinski definition) is 3. The molecule has 1 atom stereocenters. The van der Waals surface area contributed by atoms with E-state index in [0.29, 0.717) is 24.5 Å². The number of carbonyl (C=O) groups is 2. The zero-order valence-corrected chi connectivity index (χ0v) is 9.64. The summed E-state index contributed by atoms with van der Waals surface area (Å²) in [6.45, 7) is 1.92. The molecule has 0 saturated carbocycles. The first-order chi connectivity index (χ1) is 8.68. The molecule has 0 radical (unpaired) electrons. The smallest absolute Gasteiger partial charge is 0.337 e. The molecule has 1 amide bonds. The molecule has 0 aliphatic carbocycles. The standard InChI is InChI=1S/C12H13N3O3/c16-11-9-6-13-4-5-15(9)10-7(12(17)18)2-1-3-8(10)14-11/h1-3,9,13H,4-6H2,(H,14,16)(H,17,18). The molecule has 94 valence electrons. The predicted molar refractivity (Wildman–Crippen MR) is 66.0 cm³/mol. The first-order valence-corrected chi connectivity index (χ1v) is 5.83. The van der Waals surface area contributed by atoms with Crippen molar-refractivity contribution in [2.24, 2.45) is 0 Å². The molecule has 2 aliphatic heterocycles. The normalized spacial score (nSPS) is 21.9. The molecule has 1 saturated heterocycles. The average Bonchev–Trinajstić information content (AvgIpc) is 2.38. The fourth-order valence-electron chi connectivity index (χ4n) is 2.55. The SMILES string of the molecule is O=C(O)c1cccc2c1N1CCNCC1C(=O)N2. The Balaban J connectivity index is 2.15. The number of carbonyl (C=O) groups excluding carboxylic acids is 1. The molecule has 0 bridgehead atoms. The maximum absolute atomic E-state index is 11.9. The third-order valence-corrected chi connectivity index (χ3v) is 3.36. The van der Waals surface area contributed by atoms with Crippen molar-refractivity contribution in [2.45, 2.75) is 6.04 Å². The van der Waals surface area contributed by atoms with Gasteiger partial charge in [0.1, 0.15) is 6.04 Å². The number of aromatic carboxylic acids is 1. The van der Waals surface area contributed by atoms with E-state index in [1.165, 1.54) is 0 Å². The Bertz CT molecular complexity index is 529. The summed E-state index contributed by atoms with van der Waals surface area (Å²) < 4.78 is 0. The van der Waals surface area contributed by atoms with E-state index in [1.807, 2.05) is 4.90 Å². The van der Waals surface area contributed by atoms with E-state index in [-0.39, 0.29) is 17.5 Å². The number of rotatable bonds is 1. The summed E-state index contributed by atoms with van der Waals surface area (Å²) in [6.07, 6.45) is 0. The lowest BCUT2D eigenvalue weighted by atomic mass is 10.0. The van der Waals surface area contributed by atoms with Crippen LogP contribution in [0.25, 0.3) is 0 Å². The van der Waals surface area contributed by atoms with E-state index in [1.54, 1.807) is 18.2 Å². The maximum atomic E-state index is 11.9. The van der Waals surface area contributed by atoms with E-state index >= 15 is 0 Å². The van der Waals surface area contributed by atoms with E-state index in [0.717, 1.165) is 6.54 Å². The summed E-state index contributed by atoms with van der Waals surface area (Å²) >= 11 is 0. The molecule has 2 aliphatic rings. The second kappa shape index (κ2) is 3.99. The highest BCUT2D eigenvalue weighted by molar-refractivity contribution is 6.09. The van der Waals surface area contributed by atoms with Crippen LogP contribution in [0.1, 0.15) is 10.4 Å². The number of amides is 1. The number of carboxylic acids is 1. The highest BCUT2D eigenvalue weighted by Crippen LogP contribution is 2.35. The molecule has 6 nitrogen and oxygen atoms in total. The van der Waals surface area contributed by atoms with E-state index in [9.17, 15) is 14.7 Å². The van der Waals surface area contributed by atoms with Crippen molar-refractivity contribution < 1.29 is 14.7 Å². The minimum absolute atomic E-state index is 0.0859. The average molecular weight is 247 g/mol. The van der Waals surface area contributed by atoms with Crippen molar-refractivity contribution >= 4 is 23.3 Å². The van der Waals surface area contributed by atoms with Crippen LogP contribution >= 0.6 is 0 Å². The van der Waals surface area contributed by atoms with Gasteiger partial charge in [-0.25, -0.2) is 4.79 Å². The van der Waals surface area contributed by atoms with E-state index < -0.39 is 5.97 Å². The summed E-state index contributed by atoms with van der Waals surface area (Å²) in [5.74, 6) is -1.06. The number of fused-ring (bicyclic) bond motifs is 3. The molecule has 18 heavy (non-hydrogen) atoms. The Kier molecular flexibility index (Phi) is 2.45. The lowest BCUT2D eigenvalue weighted by molar-refractivity contribution is -0.117. The largest absolute Gasteiger partial charge is 0.478 e. The minimum atomic E-state index is -0.972. The maximum Gasteiger partial charge on any atom is 0.337 e. The molecular formula is C12H13N3O3. The van der Waals surface area contributed by atoms with Crippen molar-refractivity contribution in [2.75, 3.05) is 29.9 Å². The number of anilines is 2. The van der Waals surface area contributed by atoms with Crippen LogP contribution in [0, 0.1) is 0 Å². The summed E-state index contributed by atoms with van der Waals surface area (Å²) in [6, 6.07) is 4.62. The molecule has 1 fully saturated rings. The van der Waals surface area contributed by atoms with Crippen LogP contribution in [-0.2, 0) is 4.79 Å². The topological polar surface area (TPSA) is 81.7 Å². The Morgan fingerprint density at radius 2 is 2.28 bits per heavy atom. The quantitative estimate of drug-likeness (QED) is 0.656. The van der Waals surface area contributed by atoms with E-state index in [4.69, 9.17) is 0 Å². The molecule has 1 unspecified atom stereocenters. The summed E-state index contributed by atoms with van der Waals surface area (Å²) in [4.78, 5) is 25.1. The minimum Gasteiger partial charge on any atom is -0.478 e. The first-order valence-electron chi connectivity index (χ1n) is 5.83. The number of para-hydroxylation sites is 1. The summed E-state index contributed by atoms with van der Waals surface area (Å²) in [5, 5.41) is 15.2. The van der Waals surface area contributed by atoms with Gasteiger partial charge in [0.2, 0.25) is 5.91 Å². The van der Waals surface area contributed by atoms with Crippen molar-refractivity contribution in [3.63, 3.8) is 0 Å². The van der Waals surface area contributed by atoms with Gasteiger partial charge in [0.15, 0.2) is 0 Å². The van der Waals surface area contributed by atoms with Crippen LogP contribution in [0.2, 0.25) is 0 Å². The van der Waals surface area contributed by atoms with Crippen LogP contribution in [0.5, 0.6) is 0 Å². The van der Waals surface area contributed by atoms with Crippen LogP contribution in [-0.4, -0.2) is 42.7 Å². The number of hydrogen-bond acceptors (Lipinski definition) is 4. The Labute approximate surface area is 104 Å². The van der Waals surface area contributed by atoms with Gasteiger partial charge in [0.25, 0.3) is 0 Å². The van der Waals surface area contributed by atoms with Crippen LogP contribution in [0.15, 0.2) is 18.2 Å². The van der Waals surface area contributed by atoms with Gasteiger partial charge in [-0.3, -0.25) is 4.79 Å². The van der Waals surface area contributed by atoms with Gasteiger partial charge in [-0.1, -0.05) is 6.07 Å². The molecule has 6 heteroatoms. The zero-order chi connectivity index (χ0) is 12.7. The van der Waals surface area contributed by atoms with Gasteiger partial charge in [0.05, 0.1) is 16.9 Å². The fraction of sp³-hybridized carbons (Fsp3) is 0.333. The number of piperazine rings is 1. The van der Waals surface area contributed by atoms with Crippen molar-refractivity contribution in [1.29, 1.82) is 0 Å². The molecule has 0 spiro atoms. The highest BCUT2D eigenvalue weighted by Gasteiger charge is 2.36. The summed E-state index contributed by atoms with van der Waals surface area (Å²) in [5.41, 5.74) is 1.44. The van der Waals surface area contributed by atoms with Crippen molar-refractivity contribution in [1.82, 2.24) is 5.32 Å². The predicted octanol–water partition coefficient (Wildman–Crippen LogP) is 0.115.